The second-order valence-electron chi connectivity index (χ2n) is 5.05. The number of ether oxygens (including phenoxy) is 3. The molecule has 0 spiro atoms. The van der Waals surface area contributed by atoms with Crippen molar-refractivity contribution in [2.24, 2.45) is 0 Å². The zero-order chi connectivity index (χ0) is 16.2. The molecule has 2 heterocycles. The van der Waals surface area contributed by atoms with E-state index in [-0.39, 0.29) is 13.4 Å². The van der Waals surface area contributed by atoms with Crippen molar-refractivity contribution >= 4 is 23.6 Å². The van der Waals surface area contributed by atoms with Gasteiger partial charge in [-0.1, -0.05) is 11.6 Å². The first-order valence-electron chi connectivity index (χ1n) is 7.05. The van der Waals surface area contributed by atoms with Crippen molar-refractivity contribution in [3.05, 3.63) is 58.0 Å². The number of fused-ring (bicyclic) bond motifs is 1. The minimum atomic E-state index is -0.472. The van der Waals surface area contributed by atoms with Crippen LogP contribution in [-0.2, 0) is 27.5 Å². The monoisotopic (exact) mass is 334 g/mol. The molecule has 0 atom stereocenters. The Morgan fingerprint density at radius 1 is 1.39 bits per heavy atom. The van der Waals surface area contributed by atoms with Crippen molar-refractivity contribution in [3.8, 4) is 5.75 Å². The first-order valence-corrected chi connectivity index (χ1v) is 7.43. The van der Waals surface area contributed by atoms with E-state index in [2.05, 4.69) is 0 Å². The summed E-state index contributed by atoms with van der Waals surface area (Å²) in [5.74, 6) is 1.57. The van der Waals surface area contributed by atoms with E-state index in [1.54, 1.807) is 24.3 Å². The van der Waals surface area contributed by atoms with Crippen LogP contribution < -0.4 is 4.74 Å². The fraction of sp³-hybridized carbons (Fsp3) is 0.235. The Morgan fingerprint density at radius 2 is 2.26 bits per heavy atom. The van der Waals surface area contributed by atoms with Crippen LogP contribution in [0.15, 0.2) is 34.8 Å². The molecule has 0 fully saturated rings. The Kier molecular flexibility index (Phi) is 4.69. The molecule has 1 aromatic heterocycles. The molecule has 2 aromatic rings. The third-order valence-corrected chi connectivity index (χ3v) is 3.48. The highest BCUT2D eigenvalue weighted by Crippen LogP contribution is 2.32. The molecular weight excluding hydrogens is 320 g/mol. The molecule has 0 N–H and O–H groups in total. The van der Waals surface area contributed by atoms with Crippen LogP contribution in [0.25, 0.3) is 6.08 Å². The molecule has 0 aliphatic carbocycles. The number of hydrogen-bond acceptors (Lipinski definition) is 5. The number of furan rings is 1. The van der Waals surface area contributed by atoms with Crippen LogP contribution in [0.3, 0.4) is 0 Å². The van der Waals surface area contributed by atoms with Gasteiger partial charge in [0.15, 0.2) is 6.79 Å². The molecular formula is C17H15ClO5. The van der Waals surface area contributed by atoms with Crippen molar-refractivity contribution < 1.29 is 23.4 Å². The number of carbonyl (C=O) groups is 1. The fourth-order valence-corrected chi connectivity index (χ4v) is 2.52. The molecule has 0 saturated heterocycles. The molecule has 23 heavy (non-hydrogen) atoms. The largest absolute Gasteiger partial charge is 0.467 e. The van der Waals surface area contributed by atoms with Gasteiger partial charge >= 0.3 is 5.97 Å². The number of rotatable bonds is 4. The van der Waals surface area contributed by atoms with Gasteiger partial charge in [0, 0.05) is 22.2 Å². The van der Waals surface area contributed by atoms with Gasteiger partial charge in [0.05, 0.1) is 6.61 Å². The summed E-state index contributed by atoms with van der Waals surface area (Å²) in [6.07, 6.45) is 2.88. The Morgan fingerprint density at radius 3 is 3.04 bits per heavy atom. The van der Waals surface area contributed by atoms with E-state index < -0.39 is 5.97 Å². The Hall–Kier alpha value is -2.24. The zero-order valence-corrected chi connectivity index (χ0v) is 13.3. The van der Waals surface area contributed by atoms with Crippen LogP contribution in [0.2, 0.25) is 5.02 Å². The van der Waals surface area contributed by atoms with Crippen LogP contribution in [0.4, 0.5) is 0 Å². The van der Waals surface area contributed by atoms with Crippen LogP contribution >= 0.6 is 11.6 Å². The SMILES string of the molecule is Cc1ccc(C=CC(=O)OCc2cc(Cl)cc3c2OCOC3)o1. The molecule has 120 valence electrons. The lowest BCUT2D eigenvalue weighted by atomic mass is 10.1. The van der Waals surface area contributed by atoms with E-state index in [9.17, 15) is 4.79 Å². The van der Waals surface area contributed by atoms with E-state index in [0.29, 0.717) is 28.7 Å². The van der Waals surface area contributed by atoms with Gasteiger partial charge in [-0.3, -0.25) is 0 Å². The highest BCUT2D eigenvalue weighted by Gasteiger charge is 2.17. The Balaban J connectivity index is 1.65. The van der Waals surface area contributed by atoms with Crippen molar-refractivity contribution in [1.82, 2.24) is 0 Å². The number of carbonyl (C=O) groups excluding carboxylic acids is 1. The first-order chi connectivity index (χ1) is 11.1. The maximum absolute atomic E-state index is 11.8. The predicted molar refractivity (Wildman–Crippen MR) is 84.0 cm³/mol. The third-order valence-electron chi connectivity index (χ3n) is 3.27. The third kappa shape index (κ3) is 3.94. The quantitative estimate of drug-likeness (QED) is 0.627. The van der Waals surface area contributed by atoms with Crippen molar-refractivity contribution in [2.75, 3.05) is 6.79 Å². The molecule has 0 unspecified atom stereocenters. The Bertz CT molecular complexity index is 747. The smallest absolute Gasteiger partial charge is 0.331 e. The lowest BCUT2D eigenvalue weighted by molar-refractivity contribution is -0.139. The average Bonchev–Trinajstić information content (AvgIpc) is 2.96. The van der Waals surface area contributed by atoms with Gasteiger partial charge in [-0.05, 0) is 37.3 Å². The molecule has 0 bridgehead atoms. The maximum Gasteiger partial charge on any atom is 0.331 e. The summed E-state index contributed by atoms with van der Waals surface area (Å²) in [6, 6.07) is 7.10. The lowest BCUT2D eigenvalue weighted by Gasteiger charge is -2.20. The van der Waals surface area contributed by atoms with E-state index in [1.807, 2.05) is 13.0 Å². The van der Waals surface area contributed by atoms with Gasteiger partial charge < -0.3 is 18.6 Å². The summed E-state index contributed by atoms with van der Waals surface area (Å²) in [5.41, 5.74) is 1.56. The van der Waals surface area contributed by atoms with Gasteiger partial charge in [0.2, 0.25) is 0 Å². The average molecular weight is 335 g/mol. The topological polar surface area (TPSA) is 57.9 Å². The molecule has 1 aliphatic rings. The van der Waals surface area contributed by atoms with Gasteiger partial charge in [-0.25, -0.2) is 4.79 Å². The highest BCUT2D eigenvalue weighted by molar-refractivity contribution is 6.30. The molecule has 0 radical (unpaired) electrons. The van der Waals surface area contributed by atoms with Crippen molar-refractivity contribution in [3.63, 3.8) is 0 Å². The van der Waals surface area contributed by atoms with Crippen LogP contribution in [0, 0.1) is 6.92 Å². The molecule has 1 aromatic carbocycles. The molecule has 1 aliphatic heterocycles. The second kappa shape index (κ2) is 6.89. The van der Waals surface area contributed by atoms with Crippen molar-refractivity contribution in [2.45, 2.75) is 20.1 Å². The minimum Gasteiger partial charge on any atom is -0.467 e. The summed E-state index contributed by atoms with van der Waals surface area (Å²) < 4.78 is 21.3. The lowest BCUT2D eigenvalue weighted by Crippen LogP contribution is -2.14. The Labute approximate surface area is 138 Å². The van der Waals surface area contributed by atoms with E-state index in [1.165, 1.54) is 6.08 Å². The summed E-state index contributed by atoms with van der Waals surface area (Å²) >= 11 is 6.06. The summed E-state index contributed by atoms with van der Waals surface area (Å²) in [6.45, 7) is 2.51. The van der Waals surface area contributed by atoms with Gasteiger partial charge in [0.25, 0.3) is 0 Å². The number of hydrogen-bond donors (Lipinski definition) is 0. The summed E-state index contributed by atoms with van der Waals surface area (Å²) in [7, 11) is 0. The fourth-order valence-electron chi connectivity index (χ4n) is 2.25. The van der Waals surface area contributed by atoms with Gasteiger partial charge in [-0.15, -0.1) is 0 Å². The van der Waals surface area contributed by atoms with E-state index >= 15 is 0 Å². The highest BCUT2D eigenvalue weighted by atomic mass is 35.5. The number of halogens is 1. The zero-order valence-electron chi connectivity index (χ0n) is 12.5. The van der Waals surface area contributed by atoms with Crippen LogP contribution in [-0.4, -0.2) is 12.8 Å². The second-order valence-corrected chi connectivity index (χ2v) is 5.49. The molecule has 6 heteroatoms. The first kappa shape index (κ1) is 15.6. The van der Waals surface area contributed by atoms with Crippen LogP contribution in [0.5, 0.6) is 5.75 Å². The number of aryl methyl sites for hydroxylation is 1. The van der Waals surface area contributed by atoms with Crippen molar-refractivity contribution in [1.29, 1.82) is 0 Å². The minimum absolute atomic E-state index is 0.0727. The standard InChI is InChI=1S/C17H15ClO5/c1-11-2-3-15(23-11)4-5-16(19)21-9-13-7-14(18)6-12-8-20-10-22-17(12)13/h2-7H,8-10H2,1H3. The predicted octanol–water partition coefficient (Wildman–Crippen LogP) is 3.86. The van der Waals surface area contributed by atoms with E-state index in [0.717, 1.165) is 11.3 Å². The van der Waals surface area contributed by atoms with Gasteiger partial charge in [0.1, 0.15) is 23.9 Å². The summed E-state index contributed by atoms with van der Waals surface area (Å²) in [4.78, 5) is 11.8. The molecule has 0 saturated carbocycles. The molecule has 5 nitrogen and oxygen atoms in total. The summed E-state index contributed by atoms with van der Waals surface area (Å²) in [5, 5.41) is 0.547. The normalized spacial score (nSPS) is 13.7. The molecule has 0 amide bonds. The maximum atomic E-state index is 11.8. The van der Waals surface area contributed by atoms with Gasteiger partial charge in [-0.2, -0.15) is 0 Å². The number of benzene rings is 1. The van der Waals surface area contributed by atoms with E-state index in [4.69, 9.17) is 30.2 Å². The molecule has 3 rings (SSSR count). The van der Waals surface area contributed by atoms with Crippen LogP contribution in [0.1, 0.15) is 22.6 Å². The number of esters is 1.